The first-order valence-corrected chi connectivity index (χ1v) is 8.32. The number of nitrogens with zero attached hydrogens (tertiary/aromatic N) is 6. The smallest absolute Gasteiger partial charge is 0.317 e. The fraction of sp³-hybridized carbons (Fsp3) is 0.500. The van der Waals surface area contributed by atoms with Gasteiger partial charge < -0.3 is 15.1 Å². The van der Waals surface area contributed by atoms with Gasteiger partial charge in [-0.15, -0.1) is 0 Å². The number of rotatable bonds is 5. The molecule has 0 radical (unpaired) electrons. The van der Waals surface area contributed by atoms with Gasteiger partial charge in [0.05, 0.1) is 11.9 Å². The van der Waals surface area contributed by atoms with E-state index in [1.165, 1.54) is 0 Å². The maximum absolute atomic E-state index is 12.3. The van der Waals surface area contributed by atoms with Gasteiger partial charge in [0.15, 0.2) is 0 Å². The van der Waals surface area contributed by atoms with E-state index in [-0.39, 0.29) is 24.4 Å². The van der Waals surface area contributed by atoms with Gasteiger partial charge in [-0.3, -0.25) is 14.2 Å². The van der Waals surface area contributed by atoms with Crippen LogP contribution in [-0.2, 0) is 18.4 Å². The summed E-state index contributed by atoms with van der Waals surface area (Å²) in [5.74, 6) is 0.148. The standard InChI is InChI=1S/C16H23N7O2/c1-13(10-22-5-3-4-18-22)8-17-16(25)21-6-7-23(15(24)12-21)14-9-19-20(2)11-14/h3-5,9,11,13H,6-8,10,12H2,1-2H3,(H,17,25). The van der Waals surface area contributed by atoms with Gasteiger partial charge >= 0.3 is 6.03 Å². The maximum atomic E-state index is 12.3. The van der Waals surface area contributed by atoms with E-state index in [0.717, 1.165) is 12.2 Å². The number of carbonyl (C=O) groups is 2. The van der Waals surface area contributed by atoms with Crippen LogP contribution in [0.25, 0.3) is 0 Å². The molecule has 9 heteroatoms. The van der Waals surface area contributed by atoms with Crippen LogP contribution in [-0.4, -0.2) is 62.6 Å². The number of piperazine rings is 1. The second-order valence-corrected chi connectivity index (χ2v) is 6.36. The summed E-state index contributed by atoms with van der Waals surface area (Å²) < 4.78 is 3.50. The van der Waals surface area contributed by atoms with Crippen LogP contribution in [0.4, 0.5) is 10.5 Å². The lowest BCUT2D eigenvalue weighted by molar-refractivity contribution is -0.120. The molecular weight excluding hydrogens is 322 g/mol. The number of aromatic nitrogens is 4. The van der Waals surface area contributed by atoms with Crippen LogP contribution >= 0.6 is 0 Å². The average molecular weight is 345 g/mol. The van der Waals surface area contributed by atoms with Gasteiger partial charge in [-0.2, -0.15) is 10.2 Å². The topological polar surface area (TPSA) is 88.3 Å². The Morgan fingerprint density at radius 1 is 1.36 bits per heavy atom. The minimum atomic E-state index is -0.202. The molecule has 2 aromatic rings. The summed E-state index contributed by atoms with van der Waals surface area (Å²) in [6, 6.07) is 1.67. The number of carbonyl (C=O) groups excluding carboxylic acids is 2. The second-order valence-electron chi connectivity index (χ2n) is 6.36. The van der Waals surface area contributed by atoms with Gasteiger partial charge in [0.25, 0.3) is 0 Å². The fourth-order valence-electron chi connectivity index (χ4n) is 2.83. The Bertz CT molecular complexity index is 725. The molecule has 9 nitrogen and oxygen atoms in total. The monoisotopic (exact) mass is 345 g/mol. The van der Waals surface area contributed by atoms with Crippen molar-refractivity contribution in [1.29, 1.82) is 0 Å². The molecule has 1 unspecified atom stereocenters. The SMILES string of the molecule is CC(CNC(=O)N1CCN(c2cnn(C)c2)C(=O)C1)Cn1cccn1. The Labute approximate surface area is 146 Å². The summed E-state index contributed by atoms with van der Waals surface area (Å²) in [7, 11) is 1.81. The molecule has 134 valence electrons. The van der Waals surface area contributed by atoms with Crippen LogP contribution in [0, 0.1) is 5.92 Å². The summed E-state index contributed by atoms with van der Waals surface area (Å²) in [6.07, 6.45) is 7.09. The van der Waals surface area contributed by atoms with Gasteiger partial charge in [-0.05, 0) is 12.0 Å². The molecule has 1 fully saturated rings. The highest BCUT2D eigenvalue weighted by molar-refractivity contribution is 5.97. The van der Waals surface area contributed by atoms with Gasteiger partial charge in [0, 0.05) is 51.8 Å². The molecule has 25 heavy (non-hydrogen) atoms. The van der Waals surface area contributed by atoms with Crippen LogP contribution in [0.2, 0.25) is 0 Å². The van der Waals surface area contributed by atoms with Crippen LogP contribution in [0.15, 0.2) is 30.9 Å². The molecule has 0 saturated carbocycles. The van der Waals surface area contributed by atoms with Crippen molar-refractivity contribution in [2.45, 2.75) is 13.5 Å². The summed E-state index contributed by atoms with van der Waals surface area (Å²) in [6.45, 7) is 4.37. The molecule has 1 saturated heterocycles. The van der Waals surface area contributed by atoms with Crippen LogP contribution in [0.1, 0.15) is 6.92 Å². The Morgan fingerprint density at radius 2 is 2.20 bits per heavy atom. The highest BCUT2D eigenvalue weighted by atomic mass is 16.2. The molecule has 0 bridgehead atoms. The van der Waals surface area contributed by atoms with E-state index >= 15 is 0 Å². The van der Waals surface area contributed by atoms with Crippen LogP contribution < -0.4 is 10.2 Å². The predicted molar refractivity (Wildman–Crippen MR) is 91.9 cm³/mol. The third-order valence-corrected chi connectivity index (χ3v) is 4.17. The first kappa shape index (κ1) is 17.0. The molecular formula is C16H23N7O2. The molecule has 1 aliphatic heterocycles. The van der Waals surface area contributed by atoms with Crippen LogP contribution in [0.3, 0.4) is 0 Å². The normalized spacial score (nSPS) is 16.2. The van der Waals surface area contributed by atoms with Crippen molar-refractivity contribution in [3.05, 3.63) is 30.9 Å². The van der Waals surface area contributed by atoms with Crippen molar-refractivity contribution in [1.82, 2.24) is 29.8 Å². The van der Waals surface area contributed by atoms with Crippen molar-refractivity contribution in [3.8, 4) is 0 Å². The molecule has 3 rings (SSSR count). The summed E-state index contributed by atoms with van der Waals surface area (Å²) in [5, 5.41) is 11.1. The van der Waals surface area contributed by atoms with Crippen molar-refractivity contribution < 1.29 is 9.59 Å². The van der Waals surface area contributed by atoms with E-state index in [2.05, 4.69) is 15.5 Å². The first-order chi connectivity index (χ1) is 12.0. The Morgan fingerprint density at radius 3 is 2.84 bits per heavy atom. The summed E-state index contributed by atoms with van der Waals surface area (Å²) in [5.41, 5.74) is 0.764. The quantitative estimate of drug-likeness (QED) is 0.845. The number of amides is 3. The Kier molecular flexibility index (Phi) is 5.01. The summed E-state index contributed by atoms with van der Waals surface area (Å²) in [4.78, 5) is 27.8. The molecule has 1 N–H and O–H groups in total. The van der Waals surface area contributed by atoms with E-state index in [0.29, 0.717) is 19.6 Å². The summed E-state index contributed by atoms with van der Waals surface area (Å²) >= 11 is 0. The number of urea groups is 1. The zero-order valence-electron chi connectivity index (χ0n) is 14.5. The highest BCUT2D eigenvalue weighted by Gasteiger charge is 2.28. The van der Waals surface area contributed by atoms with Crippen molar-refractivity contribution in [3.63, 3.8) is 0 Å². The first-order valence-electron chi connectivity index (χ1n) is 8.32. The number of anilines is 1. The second kappa shape index (κ2) is 7.37. The number of hydrogen-bond acceptors (Lipinski definition) is 4. The van der Waals surface area contributed by atoms with Crippen molar-refractivity contribution >= 4 is 17.6 Å². The lowest BCUT2D eigenvalue weighted by Gasteiger charge is -2.33. The molecule has 3 heterocycles. The van der Waals surface area contributed by atoms with Gasteiger partial charge in [-0.25, -0.2) is 4.79 Å². The molecule has 0 aromatic carbocycles. The van der Waals surface area contributed by atoms with E-state index < -0.39 is 0 Å². The van der Waals surface area contributed by atoms with E-state index in [4.69, 9.17) is 0 Å². The van der Waals surface area contributed by atoms with Crippen molar-refractivity contribution in [2.75, 3.05) is 31.1 Å². The molecule has 0 spiro atoms. The van der Waals surface area contributed by atoms with Crippen LogP contribution in [0.5, 0.6) is 0 Å². The van der Waals surface area contributed by atoms with Gasteiger partial charge in [-0.1, -0.05) is 6.92 Å². The largest absolute Gasteiger partial charge is 0.338 e. The average Bonchev–Trinajstić information content (AvgIpc) is 3.24. The molecule has 3 amide bonds. The molecule has 1 aliphatic rings. The predicted octanol–water partition coefficient (Wildman–Crippen LogP) is 0.311. The van der Waals surface area contributed by atoms with E-state index in [9.17, 15) is 9.59 Å². The zero-order chi connectivity index (χ0) is 17.8. The number of hydrogen-bond donors (Lipinski definition) is 1. The lowest BCUT2D eigenvalue weighted by atomic mass is 10.2. The van der Waals surface area contributed by atoms with E-state index in [1.54, 1.807) is 33.1 Å². The van der Waals surface area contributed by atoms with E-state index in [1.807, 2.05) is 30.9 Å². The maximum Gasteiger partial charge on any atom is 0.317 e. The minimum Gasteiger partial charge on any atom is -0.338 e. The number of nitrogens with one attached hydrogen (secondary N) is 1. The minimum absolute atomic E-state index is 0.0776. The molecule has 1 atom stereocenters. The Hall–Kier alpha value is -2.84. The third kappa shape index (κ3) is 4.17. The zero-order valence-corrected chi connectivity index (χ0v) is 14.5. The third-order valence-electron chi connectivity index (χ3n) is 4.17. The molecule has 2 aromatic heterocycles. The lowest BCUT2D eigenvalue weighted by Crippen LogP contribution is -2.55. The number of aryl methyl sites for hydroxylation is 1. The Balaban J connectivity index is 1.46. The fourth-order valence-corrected chi connectivity index (χ4v) is 2.83. The van der Waals surface area contributed by atoms with Crippen molar-refractivity contribution in [2.24, 2.45) is 13.0 Å². The van der Waals surface area contributed by atoms with Gasteiger partial charge in [0.1, 0.15) is 6.54 Å². The van der Waals surface area contributed by atoms with Gasteiger partial charge in [0.2, 0.25) is 5.91 Å². The highest BCUT2D eigenvalue weighted by Crippen LogP contribution is 2.16. The molecule has 0 aliphatic carbocycles.